The Bertz CT molecular complexity index is 243. The van der Waals surface area contributed by atoms with E-state index in [2.05, 4.69) is 4.89 Å². The van der Waals surface area contributed by atoms with Crippen molar-refractivity contribution in [1.82, 2.24) is 0 Å². The topological polar surface area (TPSA) is 18.5 Å². The Kier molecular flexibility index (Phi) is 2.49. The molecule has 0 aliphatic rings. The van der Waals surface area contributed by atoms with Gasteiger partial charge < -0.3 is 4.89 Å². The third-order valence-corrected chi connectivity index (χ3v) is 1.52. The second kappa shape index (κ2) is 3.39. The average Bonchev–Trinajstić information content (AvgIpc) is 1.98. The predicted molar refractivity (Wildman–Crippen MR) is 43.6 cm³/mol. The summed E-state index contributed by atoms with van der Waals surface area (Å²) in [6, 6.07) is 5.99. The highest BCUT2D eigenvalue weighted by atomic mass is 17.2. The summed E-state index contributed by atoms with van der Waals surface area (Å²) in [5, 5.41) is 0. The summed E-state index contributed by atoms with van der Waals surface area (Å²) >= 11 is 0. The molecule has 0 aromatic heterocycles. The number of benzene rings is 1. The lowest BCUT2D eigenvalue weighted by Gasteiger charge is -2.04. The minimum atomic E-state index is 0.785. The van der Waals surface area contributed by atoms with Crippen LogP contribution in [0.4, 0.5) is 0 Å². The Labute approximate surface area is 66.7 Å². The van der Waals surface area contributed by atoms with Crippen LogP contribution in [-0.4, -0.2) is 7.11 Å². The van der Waals surface area contributed by atoms with E-state index in [-0.39, 0.29) is 0 Å². The van der Waals surface area contributed by atoms with Gasteiger partial charge in [0, 0.05) is 0 Å². The fraction of sp³-hybridized carbons (Fsp3) is 0.333. The van der Waals surface area contributed by atoms with Gasteiger partial charge in [-0.05, 0) is 31.0 Å². The number of rotatable bonds is 2. The van der Waals surface area contributed by atoms with E-state index in [0.717, 1.165) is 11.3 Å². The second-order valence-electron chi connectivity index (χ2n) is 2.52. The molecule has 0 aliphatic heterocycles. The quantitative estimate of drug-likeness (QED) is 0.478. The van der Waals surface area contributed by atoms with Gasteiger partial charge in [-0.3, -0.25) is 0 Å². The van der Waals surface area contributed by atoms with Crippen molar-refractivity contribution in [2.75, 3.05) is 7.11 Å². The lowest BCUT2D eigenvalue weighted by Crippen LogP contribution is -1.93. The highest BCUT2D eigenvalue weighted by molar-refractivity contribution is 5.35. The lowest BCUT2D eigenvalue weighted by atomic mass is 10.1. The van der Waals surface area contributed by atoms with Crippen molar-refractivity contribution in [2.24, 2.45) is 0 Å². The number of aryl methyl sites for hydroxylation is 2. The fourth-order valence-corrected chi connectivity index (χ4v) is 0.887. The summed E-state index contributed by atoms with van der Waals surface area (Å²) in [5.74, 6) is 0.785. The molecule has 60 valence electrons. The third kappa shape index (κ3) is 1.95. The molecule has 0 saturated carbocycles. The molecule has 0 radical (unpaired) electrons. The van der Waals surface area contributed by atoms with Gasteiger partial charge in [-0.2, -0.15) is 4.89 Å². The minimum absolute atomic E-state index is 0.785. The minimum Gasteiger partial charge on any atom is -0.338 e. The van der Waals surface area contributed by atoms with E-state index in [9.17, 15) is 0 Å². The zero-order valence-corrected chi connectivity index (χ0v) is 7.05. The van der Waals surface area contributed by atoms with Gasteiger partial charge in [-0.15, -0.1) is 0 Å². The van der Waals surface area contributed by atoms with E-state index >= 15 is 0 Å². The van der Waals surface area contributed by atoms with Crippen LogP contribution < -0.4 is 4.89 Å². The van der Waals surface area contributed by atoms with Crippen LogP contribution in [0.2, 0.25) is 0 Å². The molecule has 1 rings (SSSR count). The van der Waals surface area contributed by atoms with Crippen LogP contribution in [0.5, 0.6) is 5.75 Å². The standard InChI is InChI=1S/C9H12O2/c1-7-4-5-8(2)9(6-7)11-10-3/h4-6H,1-3H3. The summed E-state index contributed by atoms with van der Waals surface area (Å²) in [6.45, 7) is 4.00. The molecular weight excluding hydrogens is 140 g/mol. The van der Waals surface area contributed by atoms with Gasteiger partial charge in [-0.1, -0.05) is 12.1 Å². The van der Waals surface area contributed by atoms with Gasteiger partial charge in [0.1, 0.15) is 0 Å². The average molecular weight is 152 g/mol. The van der Waals surface area contributed by atoms with Gasteiger partial charge in [0.05, 0.1) is 7.11 Å². The third-order valence-electron chi connectivity index (χ3n) is 1.52. The van der Waals surface area contributed by atoms with E-state index in [1.807, 2.05) is 32.0 Å². The van der Waals surface area contributed by atoms with Crippen molar-refractivity contribution in [1.29, 1.82) is 0 Å². The van der Waals surface area contributed by atoms with Crippen LogP contribution in [0, 0.1) is 13.8 Å². The Balaban J connectivity index is 2.93. The van der Waals surface area contributed by atoms with Crippen molar-refractivity contribution >= 4 is 0 Å². The SMILES string of the molecule is COOc1cc(C)ccc1C. The highest BCUT2D eigenvalue weighted by Gasteiger charge is 1.98. The van der Waals surface area contributed by atoms with E-state index < -0.39 is 0 Å². The maximum Gasteiger partial charge on any atom is 0.168 e. The molecule has 0 saturated heterocycles. The Hall–Kier alpha value is -1.02. The van der Waals surface area contributed by atoms with Crippen molar-refractivity contribution in [3.8, 4) is 5.75 Å². The van der Waals surface area contributed by atoms with E-state index in [0.29, 0.717) is 0 Å². The molecule has 0 spiro atoms. The van der Waals surface area contributed by atoms with Gasteiger partial charge in [0.2, 0.25) is 0 Å². The monoisotopic (exact) mass is 152 g/mol. The van der Waals surface area contributed by atoms with Crippen LogP contribution >= 0.6 is 0 Å². The summed E-state index contributed by atoms with van der Waals surface area (Å²) in [5.41, 5.74) is 2.25. The maximum atomic E-state index is 4.92. The van der Waals surface area contributed by atoms with Crippen LogP contribution in [0.25, 0.3) is 0 Å². The van der Waals surface area contributed by atoms with Crippen molar-refractivity contribution in [2.45, 2.75) is 13.8 Å². The molecule has 0 unspecified atom stereocenters. The van der Waals surface area contributed by atoms with Gasteiger partial charge in [0.15, 0.2) is 5.75 Å². The Morgan fingerprint density at radius 1 is 1.18 bits per heavy atom. The lowest BCUT2D eigenvalue weighted by molar-refractivity contribution is -0.178. The van der Waals surface area contributed by atoms with Gasteiger partial charge in [0.25, 0.3) is 0 Å². The zero-order chi connectivity index (χ0) is 8.27. The second-order valence-corrected chi connectivity index (χ2v) is 2.52. The molecule has 0 bridgehead atoms. The molecule has 0 amide bonds. The Morgan fingerprint density at radius 2 is 1.91 bits per heavy atom. The summed E-state index contributed by atoms with van der Waals surface area (Å²) in [4.78, 5) is 9.48. The first-order valence-corrected chi connectivity index (χ1v) is 3.52. The zero-order valence-electron chi connectivity index (χ0n) is 7.05. The Morgan fingerprint density at radius 3 is 2.55 bits per heavy atom. The largest absolute Gasteiger partial charge is 0.338 e. The highest BCUT2D eigenvalue weighted by Crippen LogP contribution is 2.18. The van der Waals surface area contributed by atoms with Gasteiger partial charge >= 0.3 is 0 Å². The van der Waals surface area contributed by atoms with E-state index in [1.165, 1.54) is 12.7 Å². The van der Waals surface area contributed by atoms with Crippen LogP contribution in [0.15, 0.2) is 18.2 Å². The van der Waals surface area contributed by atoms with Crippen LogP contribution in [0.1, 0.15) is 11.1 Å². The van der Waals surface area contributed by atoms with Crippen molar-refractivity contribution in [3.05, 3.63) is 29.3 Å². The van der Waals surface area contributed by atoms with E-state index in [1.54, 1.807) is 0 Å². The normalized spacial score (nSPS) is 9.73. The molecule has 2 heteroatoms. The van der Waals surface area contributed by atoms with Gasteiger partial charge in [-0.25, -0.2) is 0 Å². The molecule has 0 N–H and O–H groups in total. The number of hydrogen-bond acceptors (Lipinski definition) is 2. The molecule has 1 aromatic carbocycles. The van der Waals surface area contributed by atoms with Crippen LogP contribution in [-0.2, 0) is 4.89 Å². The smallest absolute Gasteiger partial charge is 0.168 e. The summed E-state index contributed by atoms with van der Waals surface area (Å²) < 4.78 is 0. The van der Waals surface area contributed by atoms with Crippen LogP contribution in [0.3, 0.4) is 0 Å². The van der Waals surface area contributed by atoms with Crippen molar-refractivity contribution in [3.63, 3.8) is 0 Å². The first-order valence-electron chi connectivity index (χ1n) is 3.52. The summed E-state index contributed by atoms with van der Waals surface area (Å²) in [7, 11) is 1.50. The maximum absolute atomic E-state index is 4.92. The molecule has 11 heavy (non-hydrogen) atoms. The molecule has 1 aromatic rings. The molecule has 0 fully saturated rings. The number of hydrogen-bond donors (Lipinski definition) is 0. The fourth-order valence-electron chi connectivity index (χ4n) is 0.887. The predicted octanol–water partition coefficient (Wildman–Crippen LogP) is 2.24. The molecule has 0 aliphatic carbocycles. The molecule has 2 nitrogen and oxygen atoms in total. The molecule has 0 heterocycles. The first kappa shape index (κ1) is 8.08. The molecule has 0 atom stereocenters. The van der Waals surface area contributed by atoms with Crippen molar-refractivity contribution < 1.29 is 9.78 Å². The van der Waals surface area contributed by atoms with E-state index in [4.69, 9.17) is 4.89 Å². The first-order chi connectivity index (χ1) is 5.24. The summed E-state index contributed by atoms with van der Waals surface area (Å²) in [6.07, 6.45) is 0. The molecular formula is C9H12O2.